The minimum Gasteiger partial charge on any atom is -0.299 e. The Labute approximate surface area is 134 Å². The Morgan fingerprint density at radius 2 is 1.86 bits per heavy atom. The van der Waals surface area contributed by atoms with Crippen LogP contribution in [0.4, 0.5) is 0 Å². The minimum atomic E-state index is 0.292. The molecule has 0 unspecified atom stereocenters. The number of nitrogens with zero attached hydrogens (tertiary/aromatic N) is 2. The van der Waals surface area contributed by atoms with Crippen molar-refractivity contribution in [3.63, 3.8) is 0 Å². The molecule has 22 heavy (non-hydrogen) atoms. The Kier molecular flexibility index (Phi) is 5.27. The van der Waals surface area contributed by atoms with Gasteiger partial charge in [-0.2, -0.15) is 0 Å². The van der Waals surface area contributed by atoms with Crippen molar-refractivity contribution in [1.29, 1.82) is 0 Å². The van der Waals surface area contributed by atoms with E-state index in [4.69, 9.17) is 0 Å². The highest BCUT2D eigenvalue weighted by molar-refractivity contribution is 5.97. The van der Waals surface area contributed by atoms with Gasteiger partial charge in [-0.3, -0.25) is 14.6 Å². The van der Waals surface area contributed by atoms with Crippen LogP contribution in [-0.2, 0) is 13.0 Å². The zero-order valence-electron chi connectivity index (χ0n) is 13.8. The highest BCUT2D eigenvalue weighted by atomic mass is 16.1. The first-order valence-electron chi connectivity index (χ1n) is 8.86. The Morgan fingerprint density at radius 1 is 1.05 bits per heavy atom. The number of carbonyl (C=O) groups excluding carboxylic acids is 1. The van der Waals surface area contributed by atoms with Crippen molar-refractivity contribution >= 4 is 5.78 Å². The summed E-state index contributed by atoms with van der Waals surface area (Å²) in [6, 6.07) is 6.38. The first-order chi connectivity index (χ1) is 10.8. The lowest BCUT2D eigenvalue weighted by atomic mass is 9.95. The molecule has 1 fully saturated rings. The summed E-state index contributed by atoms with van der Waals surface area (Å²) in [5.41, 5.74) is 3.71. The SMILES string of the molecule is CCCN1CCc2cc(C(=O)CN3CCCCC3)ccc2C1. The zero-order chi connectivity index (χ0) is 15.4. The number of benzene rings is 1. The van der Waals surface area contributed by atoms with Crippen molar-refractivity contribution in [2.24, 2.45) is 0 Å². The summed E-state index contributed by atoms with van der Waals surface area (Å²) in [6.07, 6.45) is 6.09. The van der Waals surface area contributed by atoms with Crippen LogP contribution in [0.2, 0.25) is 0 Å². The maximum atomic E-state index is 12.5. The van der Waals surface area contributed by atoms with Crippen LogP contribution in [0.15, 0.2) is 18.2 Å². The molecule has 0 spiro atoms. The number of likely N-dealkylation sites (tertiary alicyclic amines) is 1. The van der Waals surface area contributed by atoms with Crippen molar-refractivity contribution in [3.05, 3.63) is 34.9 Å². The number of hydrogen-bond acceptors (Lipinski definition) is 3. The third-order valence-corrected chi connectivity index (χ3v) is 4.98. The molecule has 0 N–H and O–H groups in total. The lowest BCUT2D eigenvalue weighted by Crippen LogP contribution is -2.34. The molecular formula is C19H28N2O. The van der Waals surface area contributed by atoms with Crippen LogP contribution in [0.25, 0.3) is 0 Å². The minimum absolute atomic E-state index is 0.292. The molecule has 0 saturated carbocycles. The number of fused-ring (bicyclic) bond motifs is 1. The fraction of sp³-hybridized carbons (Fsp3) is 0.632. The van der Waals surface area contributed by atoms with Crippen molar-refractivity contribution in [3.8, 4) is 0 Å². The molecule has 120 valence electrons. The van der Waals surface area contributed by atoms with Crippen LogP contribution in [0.5, 0.6) is 0 Å². The molecule has 1 aromatic carbocycles. The van der Waals surface area contributed by atoms with E-state index in [1.807, 2.05) is 6.07 Å². The van der Waals surface area contributed by atoms with Crippen molar-refractivity contribution < 1.29 is 4.79 Å². The topological polar surface area (TPSA) is 23.6 Å². The summed E-state index contributed by atoms with van der Waals surface area (Å²) in [4.78, 5) is 17.3. The maximum absolute atomic E-state index is 12.5. The monoisotopic (exact) mass is 300 g/mol. The first-order valence-corrected chi connectivity index (χ1v) is 8.86. The number of hydrogen-bond donors (Lipinski definition) is 0. The highest BCUT2D eigenvalue weighted by Crippen LogP contribution is 2.21. The van der Waals surface area contributed by atoms with Crippen LogP contribution in [0, 0.1) is 0 Å². The van der Waals surface area contributed by atoms with Crippen LogP contribution >= 0.6 is 0 Å². The Morgan fingerprint density at radius 3 is 2.64 bits per heavy atom. The summed E-state index contributed by atoms with van der Waals surface area (Å²) >= 11 is 0. The second-order valence-electron chi connectivity index (χ2n) is 6.77. The molecule has 3 heteroatoms. The molecule has 2 heterocycles. The summed E-state index contributed by atoms with van der Waals surface area (Å²) < 4.78 is 0. The van der Waals surface area contributed by atoms with Crippen molar-refractivity contribution in [2.75, 3.05) is 32.7 Å². The zero-order valence-corrected chi connectivity index (χ0v) is 13.8. The van der Waals surface area contributed by atoms with E-state index >= 15 is 0 Å². The van der Waals surface area contributed by atoms with Gasteiger partial charge < -0.3 is 0 Å². The molecule has 0 radical (unpaired) electrons. The van der Waals surface area contributed by atoms with Gasteiger partial charge in [0.1, 0.15) is 0 Å². The number of piperidine rings is 1. The molecule has 1 aromatic rings. The molecule has 0 aliphatic carbocycles. The van der Waals surface area contributed by atoms with E-state index in [2.05, 4.69) is 28.9 Å². The van der Waals surface area contributed by atoms with Gasteiger partial charge in [-0.15, -0.1) is 0 Å². The molecule has 3 rings (SSSR count). The average molecular weight is 300 g/mol. The molecule has 0 aromatic heterocycles. The smallest absolute Gasteiger partial charge is 0.176 e. The third kappa shape index (κ3) is 3.76. The molecular weight excluding hydrogens is 272 g/mol. The van der Waals surface area contributed by atoms with E-state index in [0.717, 1.165) is 38.2 Å². The fourth-order valence-corrected chi connectivity index (χ4v) is 3.70. The normalized spacial score (nSPS) is 19.9. The molecule has 0 amide bonds. The Hall–Kier alpha value is -1.19. The van der Waals surface area contributed by atoms with Gasteiger partial charge in [-0.1, -0.05) is 25.5 Å². The fourth-order valence-electron chi connectivity index (χ4n) is 3.70. The summed E-state index contributed by atoms with van der Waals surface area (Å²) in [6.45, 7) is 8.35. The van der Waals surface area contributed by atoms with Crippen molar-refractivity contribution in [1.82, 2.24) is 9.80 Å². The quantitative estimate of drug-likeness (QED) is 0.781. The standard InChI is InChI=1S/C19H28N2O/c1-2-9-20-12-8-16-13-17(6-7-18(16)14-20)19(22)15-21-10-4-3-5-11-21/h6-7,13H,2-5,8-12,14-15H2,1H3. The summed E-state index contributed by atoms with van der Waals surface area (Å²) in [7, 11) is 0. The van der Waals surface area contributed by atoms with Gasteiger partial charge in [0, 0.05) is 18.7 Å². The van der Waals surface area contributed by atoms with Gasteiger partial charge in [-0.25, -0.2) is 0 Å². The van der Waals surface area contributed by atoms with Gasteiger partial charge >= 0.3 is 0 Å². The van der Waals surface area contributed by atoms with Crippen LogP contribution in [0.1, 0.15) is 54.1 Å². The van der Waals surface area contributed by atoms with Gasteiger partial charge in [0.15, 0.2) is 5.78 Å². The first kappa shape index (κ1) is 15.7. The molecule has 1 saturated heterocycles. The molecule has 3 nitrogen and oxygen atoms in total. The van der Waals surface area contributed by atoms with Crippen LogP contribution in [0.3, 0.4) is 0 Å². The van der Waals surface area contributed by atoms with E-state index in [0.29, 0.717) is 12.3 Å². The summed E-state index contributed by atoms with van der Waals surface area (Å²) in [5, 5.41) is 0. The maximum Gasteiger partial charge on any atom is 0.176 e. The van der Waals surface area contributed by atoms with E-state index < -0.39 is 0 Å². The lowest BCUT2D eigenvalue weighted by molar-refractivity contribution is 0.0915. The van der Waals surface area contributed by atoms with Crippen LogP contribution < -0.4 is 0 Å². The van der Waals surface area contributed by atoms with Gasteiger partial charge in [0.25, 0.3) is 0 Å². The molecule has 2 aliphatic rings. The van der Waals surface area contributed by atoms with Gasteiger partial charge in [0.05, 0.1) is 6.54 Å². The Balaban J connectivity index is 1.64. The second kappa shape index (κ2) is 7.38. The largest absolute Gasteiger partial charge is 0.299 e. The number of Topliss-reactive ketones (excluding diaryl/α,β-unsaturated/α-hetero) is 1. The Bertz CT molecular complexity index is 520. The number of ketones is 1. The van der Waals surface area contributed by atoms with E-state index in [1.54, 1.807) is 0 Å². The average Bonchev–Trinajstić information content (AvgIpc) is 2.55. The number of carbonyl (C=O) groups is 1. The predicted molar refractivity (Wildman–Crippen MR) is 90.3 cm³/mol. The molecule has 0 atom stereocenters. The number of rotatable bonds is 5. The highest BCUT2D eigenvalue weighted by Gasteiger charge is 2.19. The van der Waals surface area contributed by atoms with E-state index in [-0.39, 0.29) is 0 Å². The van der Waals surface area contributed by atoms with E-state index in [1.165, 1.54) is 43.4 Å². The second-order valence-corrected chi connectivity index (χ2v) is 6.77. The molecule has 0 bridgehead atoms. The summed E-state index contributed by atoms with van der Waals surface area (Å²) in [5.74, 6) is 0.292. The lowest BCUT2D eigenvalue weighted by Gasteiger charge is -2.29. The van der Waals surface area contributed by atoms with E-state index in [9.17, 15) is 4.79 Å². The van der Waals surface area contributed by atoms with Crippen LogP contribution in [-0.4, -0.2) is 48.3 Å². The predicted octanol–water partition coefficient (Wildman–Crippen LogP) is 3.12. The van der Waals surface area contributed by atoms with Crippen molar-refractivity contribution in [2.45, 2.75) is 45.6 Å². The third-order valence-electron chi connectivity index (χ3n) is 4.98. The van der Waals surface area contributed by atoms with Gasteiger partial charge in [-0.05, 0) is 62.5 Å². The molecule has 2 aliphatic heterocycles. The van der Waals surface area contributed by atoms with Gasteiger partial charge in [0.2, 0.25) is 0 Å².